The fraction of sp³-hybridized carbons (Fsp3) is 0. The van der Waals surface area contributed by atoms with E-state index in [1.54, 1.807) is 18.2 Å². The predicted octanol–water partition coefficient (Wildman–Crippen LogP) is 3.93. The van der Waals surface area contributed by atoms with Crippen molar-refractivity contribution in [3.8, 4) is 0 Å². The number of para-hydroxylation sites is 3. The molecule has 27 heavy (non-hydrogen) atoms. The van der Waals surface area contributed by atoms with Gasteiger partial charge in [-0.3, -0.25) is 4.79 Å². The number of nitrogens with zero attached hydrogens (tertiary/aromatic N) is 2. The molecule has 2 aromatic heterocycles. The Bertz CT molecular complexity index is 1080. The van der Waals surface area contributed by atoms with Crippen molar-refractivity contribution < 1.29 is 29.5 Å². The third-order valence-corrected chi connectivity index (χ3v) is 3.36. The number of hydrazone groups is 1. The van der Waals surface area contributed by atoms with Gasteiger partial charge in [-0.15, -0.1) is 0 Å². The van der Waals surface area contributed by atoms with Gasteiger partial charge in [0.2, 0.25) is 5.43 Å². The molecule has 0 saturated carbocycles. The monoisotopic (exact) mass is 457 g/mol. The average molecular weight is 460 g/mol. The summed E-state index contributed by atoms with van der Waals surface area (Å²) in [6.45, 7) is 0. The molecular weight excluding hydrogens is 446 g/mol. The van der Waals surface area contributed by atoms with Crippen molar-refractivity contribution in [3.63, 3.8) is 0 Å². The van der Waals surface area contributed by atoms with E-state index in [0.717, 1.165) is 5.52 Å². The molecule has 0 unspecified atom stereocenters. The van der Waals surface area contributed by atoms with Gasteiger partial charge in [0, 0.05) is 0 Å². The molecule has 4 rings (SSSR count). The van der Waals surface area contributed by atoms with Crippen LogP contribution < -0.4 is 10.9 Å². The van der Waals surface area contributed by atoms with Gasteiger partial charge in [-0.05, 0) is 24.3 Å². The molecule has 0 aliphatic carbocycles. The number of rotatable bonds is 3. The first-order chi connectivity index (χ1) is 12.7. The van der Waals surface area contributed by atoms with Crippen LogP contribution in [0, 0.1) is 0 Å². The zero-order valence-corrected chi connectivity index (χ0v) is 18.3. The van der Waals surface area contributed by atoms with E-state index < -0.39 is 15.1 Å². The van der Waals surface area contributed by atoms with Crippen molar-refractivity contribution in [2.24, 2.45) is 5.10 Å². The second kappa shape index (κ2) is 10.2. The summed E-state index contributed by atoms with van der Waals surface area (Å²) in [5, 5.41) is 4.50. The normalized spacial score (nSPS) is 10.1. The third kappa shape index (κ3) is 5.14. The Kier molecular flexibility index (Phi) is 7.94. The maximum atomic E-state index is 12.3. The molecule has 0 spiro atoms. The summed E-state index contributed by atoms with van der Waals surface area (Å²) in [6.07, 6.45) is 2.76. The van der Waals surface area contributed by atoms with Gasteiger partial charge in [0.15, 0.2) is 5.58 Å². The van der Waals surface area contributed by atoms with E-state index in [-0.39, 0.29) is 16.9 Å². The zero-order valence-electron chi connectivity index (χ0n) is 13.9. The Balaban J connectivity index is 0.000000614. The summed E-state index contributed by atoms with van der Waals surface area (Å²) in [6, 6.07) is 14.7. The molecular formula is C17H13Cl2N3O4Zn. The zero-order chi connectivity index (χ0) is 18.4. The van der Waals surface area contributed by atoms with Crippen molar-refractivity contribution in [2.45, 2.75) is 0 Å². The Morgan fingerprint density at radius 1 is 1.07 bits per heavy atom. The topological polar surface area (TPSA) is 112 Å². The quantitative estimate of drug-likeness (QED) is 0.283. The van der Waals surface area contributed by atoms with Gasteiger partial charge in [-0.2, -0.15) is 10.1 Å². The molecule has 3 N–H and O–H groups in total. The number of hydrogen-bond donors (Lipinski definition) is 1. The summed E-state index contributed by atoms with van der Waals surface area (Å²) >= 11 is -0.931. The van der Waals surface area contributed by atoms with Crippen LogP contribution in [0.25, 0.3) is 22.1 Å². The number of fused-ring (bicyclic) bond motifs is 2. The SMILES string of the molecule is O.O=c1c(/C=N/Nc2nc3ccccc3o2)coc2ccccc12.[Cl][Zn][Cl]. The predicted molar refractivity (Wildman–Crippen MR) is 103 cm³/mol. The van der Waals surface area contributed by atoms with Gasteiger partial charge < -0.3 is 14.3 Å². The Labute approximate surface area is 169 Å². The van der Waals surface area contributed by atoms with E-state index >= 15 is 0 Å². The second-order valence-corrected chi connectivity index (χ2v) is 9.60. The molecule has 0 aliphatic rings. The van der Waals surface area contributed by atoms with Crippen molar-refractivity contribution >= 4 is 53.7 Å². The van der Waals surface area contributed by atoms with E-state index in [9.17, 15) is 4.79 Å². The van der Waals surface area contributed by atoms with E-state index in [1.807, 2.05) is 30.3 Å². The van der Waals surface area contributed by atoms with E-state index in [4.69, 9.17) is 28.2 Å². The van der Waals surface area contributed by atoms with Crippen molar-refractivity contribution in [1.29, 1.82) is 0 Å². The fourth-order valence-electron chi connectivity index (χ4n) is 2.26. The van der Waals surface area contributed by atoms with Gasteiger partial charge in [0.1, 0.15) is 17.4 Å². The molecule has 0 saturated heterocycles. The first-order valence-corrected chi connectivity index (χ1v) is 15.3. The molecule has 0 atom stereocenters. The molecule has 7 nitrogen and oxygen atoms in total. The van der Waals surface area contributed by atoms with E-state index in [1.165, 1.54) is 12.5 Å². The number of nitrogens with one attached hydrogen (secondary N) is 1. The van der Waals surface area contributed by atoms with Crippen LogP contribution in [0.3, 0.4) is 0 Å². The molecule has 0 aliphatic heterocycles. The standard InChI is InChI=1S/C17H11N3O3.2ClH.H2O.Zn/c21-16-11(10-22-14-7-3-1-5-12(14)16)9-18-20-17-19-13-6-2-4-8-15(13)23-17;;;;/h1-10H,(H,19,20);2*1H;1H2;/q;;;;+2/p-2/b18-9+;;;;. The number of aromatic nitrogens is 1. The van der Waals surface area contributed by atoms with Gasteiger partial charge in [0.25, 0.3) is 0 Å². The van der Waals surface area contributed by atoms with Gasteiger partial charge in [0.05, 0.1) is 17.2 Å². The molecule has 2 aromatic carbocycles. The minimum atomic E-state index is -0.931. The number of halogens is 2. The van der Waals surface area contributed by atoms with Crippen LogP contribution in [0.1, 0.15) is 5.56 Å². The Morgan fingerprint density at radius 2 is 1.74 bits per heavy atom. The molecule has 4 aromatic rings. The third-order valence-electron chi connectivity index (χ3n) is 3.36. The van der Waals surface area contributed by atoms with Crippen molar-refractivity contribution in [2.75, 3.05) is 5.43 Å². The van der Waals surface area contributed by atoms with Crippen LogP contribution in [-0.2, 0) is 15.1 Å². The van der Waals surface area contributed by atoms with Crippen LogP contribution >= 0.6 is 19.4 Å². The summed E-state index contributed by atoms with van der Waals surface area (Å²) in [7, 11) is 9.90. The number of benzene rings is 2. The average Bonchev–Trinajstić information content (AvgIpc) is 3.07. The fourth-order valence-corrected chi connectivity index (χ4v) is 2.26. The Morgan fingerprint density at radius 3 is 2.48 bits per heavy atom. The molecule has 0 bridgehead atoms. The van der Waals surface area contributed by atoms with Gasteiger partial charge >= 0.3 is 40.5 Å². The maximum absolute atomic E-state index is 12.3. The minimum absolute atomic E-state index is 0. The van der Waals surface area contributed by atoms with Crippen LogP contribution in [0.15, 0.2) is 73.5 Å². The van der Waals surface area contributed by atoms with Crippen molar-refractivity contribution in [3.05, 3.63) is 70.6 Å². The molecule has 0 radical (unpaired) electrons. The molecule has 136 valence electrons. The van der Waals surface area contributed by atoms with Crippen LogP contribution in [0.5, 0.6) is 0 Å². The van der Waals surface area contributed by atoms with Crippen LogP contribution in [0.4, 0.5) is 6.01 Å². The van der Waals surface area contributed by atoms with Crippen LogP contribution in [-0.4, -0.2) is 16.7 Å². The molecule has 0 fully saturated rings. The van der Waals surface area contributed by atoms with Gasteiger partial charge in [-0.25, -0.2) is 5.43 Å². The Hall–Kier alpha value is -2.25. The second-order valence-electron chi connectivity index (χ2n) is 4.97. The summed E-state index contributed by atoms with van der Waals surface area (Å²) < 4.78 is 10.9. The number of hydrogen-bond acceptors (Lipinski definition) is 6. The first-order valence-electron chi connectivity index (χ1n) is 7.50. The molecule has 10 heteroatoms. The summed E-state index contributed by atoms with van der Waals surface area (Å²) in [5.74, 6) is 0. The molecule has 2 heterocycles. The molecule has 0 amide bonds. The van der Waals surface area contributed by atoms with Gasteiger partial charge in [-0.1, -0.05) is 24.3 Å². The summed E-state index contributed by atoms with van der Waals surface area (Å²) in [5.41, 5.74) is 4.80. The summed E-state index contributed by atoms with van der Waals surface area (Å²) in [4.78, 5) is 16.5. The number of oxazole rings is 1. The number of anilines is 1. The van der Waals surface area contributed by atoms with E-state index in [2.05, 4.69) is 15.5 Å². The van der Waals surface area contributed by atoms with Crippen LogP contribution in [0.2, 0.25) is 0 Å². The van der Waals surface area contributed by atoms with Crippen molar-refractivity contribution in [1.82, 2.24) is 4.98 Å². The van der Waals surface area contributed by atoms with E-state index in [0.29, 0.717) is 22.1 Å². The first kappa shape index (κ1) is 21.1.